The minimum absolute atomic E-state index is 0.0756. The number of rotatable bonds is 3. The van der Waals surface area contributed by atoms with E-state index < -0.39 is 11.6 Å². The number of hydrogen-bond donors (Lipinski definition) is 1. The summed E-state index contributed by atoms with van der Waals surface area (Å²) in [4.78, 5) is 26.6. The summed E-state index contributed by atoms with van der Waals surface area (Å²) in [6, 6.07) is 5.56. The molecule has 0 radical (unpaired) electrons. The molecule has 0 bridgehead atoms. The number of benzene rings is 1. The van der Waals surface area contributed by atoms with Crippen molar-refractivity contribution in [2.75, 3.05) is 0 Å². The maximum Gasteiger partial charge on any atom is 0.246 e. The average Bonchev–Trinajstić information content (AvgIpc) is 3.28. The van der Waals surface area contributed by atoms with Crippen molar-refractivity contribution in [3.63, 3.8) is 0 Å². The molecule has 1 aromatic rings. The fraction of sp³-hybridized carbons (Fsp3) is 0.500. The molecular weight excluding hydrogens is 271 g/mol. The van der Waals surface area contributed by atoms with Crippen molar-refractivity contribution >= 4 is 11.8 Å². The van der Waals surface area contributed by atoms with E-state index in [4.69, 9.17) is 0 Å². The third kappa shape index (κ3) is 2.30. The molecule has 0 aromatic heterocycles. The molecule has 2 aliphatic rings. The van der Waals surface area contributed by atoms with Crippen molar-refractivity contribution in [1.82, 2.24) is 10.2 Å². The molecule has 1 saturated heterocycles. The fourth-order valence-electron chi connectivity index (χ4n) is 3.06. The van der Waals surface area contributed by atoms with Crippen LogP contribution in [0.2, 0.25) is 0 Å². The summed E-state index contributed by atoms with van der Waals surface area (Å²) in [6.07, 6.45) is 1.93. The lowest BCUT2D eigenvalue weighted by molar-refractivity contribution is -0.158. The minimum Gasteiger partial charge on any atom is -0.343 e. The summed E-state index contributed by atoms with van der Waals surface area (Å²) in [7, 11) is 0. The monoisotopic (exact) mass is 290 g/mol. The molecule has 1 aliphatic heterocycles. The van der Waals surface area contributed by atoms with Crippen molar-refractivity contribution in [2.45, 2.75) is 44.8 Å². The van der Waals surface area contributed by atoms with Crippen LogP contribution in [-0.4, -0.2) is 28.3 Å². The molecule has 21 heavy (non-hydrogen) atoms. The van der Waals surface area contributed by atoms with Gasteiger partial charge in [-0.25, -0.2) is 4.39 Å². The van der Waals surface area contributed by atoms with E-state index in [0.717, 1.165) is 18.4 Å². The number of carbonyl (C=O) groups excluding carboxylic acids is 2. The van der Waals surface area contributed by atoms with Gasteiger partial charge in [0.25, 0.3) is 0 Å². The van der Waals surface area contributed by atoms with E-state index in [9.17, 15) is 14.0 Å². The summed E-state index contributed by atoms with van der Waals surface area (Å²) in [5, 5.41) is 2.78. The number of piperazine rings is 1. The Balaban J connectivity index is 1.92. The third-order valence-electron chi connectivity index (χ3n) is 4.63. The predicted octanol–water partition coefficient (Wildman–Crippen LogP) is 1.84. The molecule has 112 valence electrons. The van der Waals surface area contributed by atoms with Gasteiger partial charge in [0.2, 0.25) is 11.8 Å². The SMILES string of the molecule is CC1NC(=O)C(C)(C2CC2)N(Cc2ccc(F)cc2)C1=O. The molecule has 2 amide bonds. The molecule has 5 heteroatoms. The number of nitrogens with zero attached hydrogens (tertiary/aromatic N) is 1. The van der Waals surface area contributed by atoms with Gasteiger partial charge in [-0.3, -0.25) is 9.59 Å². The van der Waals surface area contributed by atoms with Crippen LogP contribution < -0.4 is 5.32 Å². The van der Waals surface area contributed by atoms with E-state index in [1.807, 2.05) is 6.92 Å². The van der Waals surface area contributed by atoms with Gasteiger partial charge in [0.05, 0.1) is 0 Å². The van der Waals surface area contributed by atoms with Crippen molar-refractivity contribution in [3.05, 3.63) is 35.6 Å². The third-order valence-corrected chi connectivity index (χ3v) is 4.63. The topological polar surface area (TPSA) is 49.4 Å². The molecule has 3 rings (SSSR count). The first-order valence-corrected chi connectivity index (χ1v) is 7.30. The van der Waals surface area contributed by atoms with Crippen LogP contribution in [0, 0.1) is 11.7 Å². The molecule has 1 N–H and O–H groups in total. The van der Waals surface area contributed by atoms with E-state index in [-0.39, 0.29) is 23.5 Å². The van der Waals surface area contributed by atoms with E-state index in [2.05, 4.69) is 5.32 Å². The van der Waals surface area contributed by atoms with Crippen LogP contribution in [0.4, 0.5) is 4.39 Å². The highest BCUT2D eigenvalue weighted by Gasteiger charge is 2.56. The highest BCUT2D eigenvalue weighted by atomic mass is 19.1. The van der Waals surface area contributed by atoms with E-state index in [0.29, 0.717) is 6.54 Å². The van der Waals surface area contributed by atoms with Crippen LogP contribution in [0.5, 0.6) is 0 Å². The summed E-state index contributed by atoms with van der Waals surface area (Å²) in [6.45, 7) is 3.88. The number of hydrogen-bond acceptors (Lipinski definition) is 2. The molecular formula is C16H19FN2O2. The van der Waals surface area contributed by atoms with Gasteiger partial charge in [-0.15, -0.1) is 0 Å². The molecule has 2 fully saturated rings. The molecule has 2 atom stereocenters. The first-order chi connectivity index (χ1) is 9.92. The van der Waals surface area contributed by atoms with Crippen LogP contribution in [0.3, 0.4) is 0 Å². The number of amides is 2. The molecule has 1 aliphatic carbocycles. The second kappa shape index (κ2) is 4.83. The first-order valence-electron chi connectivity index (χ1n) is 7.30. The normalized spacial score (nSPS) is 29.5. The Hall–Kier alpha value is -1.91. The van der Waals surface area contributed by atoms with Gasteiger partial charge in [0, 0.05) is 6.54 Å². The number of nitrogens with one attached hydrogen (secondary N) is 1. The molecule has 2 unspecified atom stereocenters. The summed E-state index contributed by atoms with van der Waals surface area (Å²) >= 11 is 0. The van der Waals surface area contributed by atoms with Crippen molar-refractivity contribution in [2.24, 2.45) is 5.92 Å². The van der Waals surface area contributed by atoms with Gasteiger partial charge in [0.15, 0.2) is 0 Å². The van der Waals surface area contributed by atoms with Crippen LogP contribution in [0.25, 0.3) is 0 Å². The lowest BCUT2D eigenvalue weighted by Gasteiger charge is -2.46. The zero-order valence-corrected chi connectivity index (χ0v) is 12.2. The Morgan fingerprint density at radius 3 is 2.48 bits per heavy atom. The van der Waals surface area contributed by atoms with Crippen LogP contribution in [-0.2, 0) is 16.1 Å². The Morgan fingerprint density at radius 1 is 1.29 bits per heavy atom. The Labute approximate surface area is 123 Å². The fourth-order valence-corrected chi connectivity index (χ4v) is 3.06. The van der Waals surface area contributed by atoms with Crippen LogP contribution in [0.1, 0.15) is 32.3 Å². The van der Waals surface area contributed by atoms with Gasteiger partial charge in [-0.05, 0) is 50.3 Å². The van der Waals surface area contributed by atoms with Crippen molar-refractivity contribution in [1.29, 1.82) is 0 Å². The molecule has 0 spiro atoms. The van der Waals surface area contributed by atoms with E-state index in [1.54, 1.807) is 24.0 Å². The van der Waals surface area contributed by atoms with E-state index >= 15 is 0 Å². The Kier molecular flexibility index (Phi) is 3.23. The zero-order valence-electron chi connectivity index (χ0n) is 12.2. The number of halogens is 1. The molecule has 1 saturated carbocycles. The summed E-state index contributed by atoms with van der Waals surface area (Å²) < 4.78 is 13.0. The smallest absolute Gasteiger partial charge is 0.246 e. The second-order valence-electron chi connectivity index (χ2n) is 6.17. The van der Waals surface area contributed by atoms with Gasteiger partial charge < -0.3 is 10.2 Å². The maximum atomic E-state index is 13.0. The molecule has 1 heterocycles. The maximum absolute atomic E-state index is 13.0. The van der Waals surface area contributed by atoms with E-state index in [1.165, 1.54) is 12.1 Å². The Morgan fingerprint density at radius 2 is 1.90 bits per heavy atom. The first kappa shape index (κ1) is 14.0. The molecule has 1 aromatic carbocycles. The van der Waals surface area contributed by atoms with Gasteiger partial charge >= 0.3 is 0 Å². The quantitative estimate of drug-likeness (QED) is 0.923. The molecule has 4 nitrogen and oxygen atoms in total. The lowest BCUT2D eigenvalue weighted by atomic mass is 9.88. The largest absolute Gasteiger partial charge is 0.343 e. The predicted molar refractivity (Wildman–Crippen MR) is 75.7 cm³/mol. The van der Waals surface area contributed by atoms with Crippen LogP contribution in [0.15, 0.2) is 24.3 Å². The van der Waals surface area contributed by atoms with Crippen LogP contribution >= 0.6 is 0 Å². The zero-order chi connectivity index (χ0) is 15.2. The highest BCUT2D eigenvalue weighted by Crippen LogP contribution is 2.45. The van der Waals surface area contributed by atoms with Gasteiger partial charge in [0.1, 0.15) is 17.4 Å². The number of carbonyl (C=O) groups is 2. The second-order valence-corrected chi connectivity index (χ2v) is 6.17. The summed E-state index contributed by atoms with van der Waals surface area (Å²) in [5.74, 6) is -0.248. The van der Waals surface area contributed by atoms with Crippen molar-refractivity contribution < 1.29 is 14.0 Å². The average molecular weight is 290 g/mol. The van der Waals surface area contributed by atoms with Gasteiger partial charge in [-0.2, -0.15) is 0 Å². The summed E-state index contributed by atoms with van der Waals surface area (Å²) in [5.41, 5.74) is 0.0383. The standard InChI is InChI=1S/C16H19FN2O2/c1-10-14(20)19(9-11-3-7-13(17)8-4-11)16(2,12-5-6-12)15(21)18-10/h3-4,7-8,10,12H,5-6,9H2,1-2H3,(H,18,21). The lowest BCUT2D eigenvalue weighted by Crippen LogP contribution is -2.69. The Bertz CT molecular complexity index is 582. The van der Waals surface area contributed by atoms with Gasteiger partial charge in [-0.1, -0.05) is 12.1 Å². The van der Waals surface area contributed by atoms with Crippen molar-refractivity contribution in [3.8, 4) is 0 Å². The highest BCUT2D eigenvalue weighted by molar-refractivity contribution is 5.99. The minimum atomic E-state index is -0.794.